The first-order valence-electron chi connectivity index (χ1n) is 6.83. The molecule has 1 amide bonds. The fourth-order valence-electron chi connectivity index (χ4n) is 1.97. The van der Waals surface area contributed by atoms with Crippen molar-refractivity contribution in [3.05, 3.63) is 42.1 Å². The molecular formula is C15H19N3O3. The predicted molar refractivity (Wildman–Crippen MR) is 80.2 cm³/mol. The van der Waals surface area contributed by atoms with Crippen molar-refractivity contribution in [2.24, 2.45) is 0 Å². The molecule has 0 aliphatic heterocycles. The van der Waals surface area contributed by atoms with Gasteiger partial charge in [-0.2, -0.15) is 0 Å². The highest BCUT2D eigenvalue weighted by Gasteiger charge is 2.13. The molecule has 2 rings (SSSR count). The van der Waals surface area contributed by atoms with Gasteiger partial charge >= 0.3 is 0 Å². The van der Waals surface area contributed by atoms with Crippen LogP contribution in [0.1, 0.15) is 12.1 Å². The van der Waals surface area contributed by atoms with Crippen LogP contribution in [0, 0.1) is 6.92 Å². The molecule has 0 aliphatic carbocycles. The number of aliphatic hydroxyl groups excluding tert-OH is 1. The molecule has 2 aromatic rings. The van der Waals surface area contributed by atoms with Gasteiger partial charge in [-0.3, -0.25) is 10.1 Å². The number of carbonyl (C=O) groups excluding carboxylic acids is 1. The highest BCUT2D eigenvalue weighted by atomic mass is 16.5. The molecule has 112 valence electrons. The van der Waals surface area contributed by atoms with E-state index in [1.165, 1.54) is 0 Å². The Balaban J connectivity index is 1.99. The van der Waals surface area contributed by atoms with Crippen molar-refractivity contribution in [2.45, 2.75) is 13.3 Å². The van der Waals surface area contributed by atoms with Crippen LogP contribution in [0.4, 0.5) is 11.6 Å². The summed E-state index contributed by atoms with van der Waals surface area (Å²) in [5, 5.41) is 15.4. The first kappa shape index (κ1) is 15.1. The van der Waals surface area contributed by atoms with E-state index in [-0.39, 0.29) is 19.1 Å². The largest absolute Gasteiger partial charge is 0.396 e. The first-order valence-corrected chi connectivity index (χ1v) is 6.83. The molecule has 0 saturated carbocycles. The molecule has 6 heteroatoms. The maximum absolute atomic E-state index is 12.1. The van der Waals surface area contributed by atoms with Crippen LogP contribution in [0.25, 0.3) is 0 Å². The Morgan fingerprint density at radius 3 is 2.76 bits per heavy atom. The maximum Gasteiger partial charge on any atom is 0.246 e. The van der Waals surface area contributed by atoms with Gasteiger partial charge in [-0.25, -0.2) is 0 Å². The smallest absolute Gasteiger partial charge is 0.246 e. The van der Waals surface area contributed by atoms with E-state index in [0.717, 1.165) is 5.69 Å². The Bertz CT molecular complexity index is 569. The molecule has 0 fully saturated rings. The van der Waals surface area contributed by atoms with Gasteiger partial charge in [0, 0.05) is 24.9 Å². The van der Waals surface area contributed by atoms with Crippen LogP contribution in [-0.4, -0.2) is 35.9 Å². The van der Waals surface area contributed by atoms with E-state index in [9.17, 15) is 4.79 Å². The molecule has 0 aliphatic rings. The van der Waals surface area contributed by atoms with Gasteiger partial charge in [-0.1, -0.05) is 23.4 Å². The number of rotatable bonds is 7. The van der Waals surface area contributed by atoms with Gasteiger partial charge in [0.1, 0.15) is 0 Å². The minimum Gasteiger partial charge on any atom is -0.396 e. The molecule has 1 heterocycles. The monoisotopic (exact) mass is 289 g/mol. The second kappa shape index (κ2) is 7.44. The van der Waals surface area contributed by atoms with E-state index in [1.807, 2.05) is 35.2 Å². The zero-order valence-corrected chi connectivity index (χ0v) is 12.0. The Hall–Kier alpha value is -2.34. The summed E-state index contributed by atoms with van der Waals surface area (Å²) in [7, 11) is 0. The number of amides is 1. The number of aryl methyl sites for hydroxylation is 1. The summed E-state index contributed by atoms with van der Waals surface area (Å²) < 4.78 is 4.96. The summed E-state index contributed by atoms with van der Waals surface area (Å²) in [6, 6.07) is 11.3. The van der Waals surface area contributed by atoms with Crippen LogP contribution in [0.2, 0.25) is 0 Å². The highest BCUT2D eigenvalue weighted by Crippen LogP contribution is 2.14. The number of hydrogen-bond donors (Lipinski definition) is 2. The van der Waals surface area contributed by atoms with Crippen LogP contribution in [0.5, 0.6) is 0 Å². The Kier molecular flexibility index (Phi) is 5.34. The molecular weight excluding hydrogens is 270 g/mol. The van der Waals surface area contributed by atoms with E-state index in [0.29, 0.717) is 24.5 Å². The molecule has 1 aromatic carbocycles. The van der Waals surface area contributed by atoms with Gasteiger partial charge in [-0.05, 0) is 25.5 Å². The predicted octanol–water partition coefficient (Wildman–Crippen LogP) is 1.81. The van der Waals surface area contributed by atoms with E-state index in [1.54, 1.807) is 13.0 Å². The second-order valence-electron chi connectivity index (χ2n) is 4.71. The van der Waals surface area contributed by atoms with Crippen molar-refractivity contribution in [3.63, 3.8) is 0 Å². The summed E-state index contributed by atoms with van der Waals surface area (Å²) in [6.45, 7) is 2.66. The second-order valence-corrected chi connectivity index (χ2v) is 4.71. The minimum atomic E-state index is -0.187. The average Bonchev–Trinajstić information content (AvgIpc) is 2.89. The van der Waals surface area contributed by atoms with Gasteiger partial charge in [0.15, 0.2) is 0 Å². The Morgan fingerprint density at radius 2 is 2.14 bits per heavy atom. The molecule has 0 saturated heterocycles. The molecule has 21 heavy (non-hydrogen) atoms. The normalized spacial score (nSPS) is 10.4. The fourth-order valence-corrected chi connectivity index (χ4v) is 1.97. The van der Waals surface area contributed by atoms with Crippen molar-refractivity contribution in [3.8, 4) is 0 Å². The lowest BCUT2D eigenvalue weighted by Crippen LogP contribution is -2.34. The van der Waals surface area contributed by atoms with Gasteiger partial charge in [0.2, 0.25) is 11.8 Å². The van der Waals surface area contributed by atoms with Crippen LogP contribution in [0.3, 0.4) is 0 Å². The number of para-hydroxylation sites is 1. The average molecular weight is 289 g/mol. The molecule has 0 atom stereocenters. The van der Waals surface area contributed by atoms with Crippen molar-refractivity contribution >= 4 is 17.5 Å². The number of benzene rings is 1. The molecule has 0 spiro atoms. The molecule has 0 unspecified atom stereocenters. The van der Waals surface area contributed by atoms with Gasteiger partial charge in [0.05, 0.1) is 12.2 Å². The number of aromatic nitrogens is 1. The van der Waals surface area contributed by atoms with Crippen molar-refractivity contribution in [2.75, 3.05) is 29.9 Å². The summed E-state index contributed by atoms with van der Waals surface area (Å²) in [5.41, 5.74) is 1.65. The third-order valence-corrected chi connectivity index (χ3v) is 2.93. The standard InChI is InChI=1S/C15H19N3O3/c1-12-10-15(21-17-12)16-14(20)11-18(8-5-9-19)13-6-3-2-4-7-13/h2-4,6-7,10,19H,5,8-9,11H2,1H3,(H,16,20). The first-order chi connectivity index (χ1) is 10.2. The molecule has 0 bridgehead atoms. The zero-order valence-electron chi connectivity index (χ0n) is 12.0. The van der Waals surface area contributed by atoms with E-state index >= 15 is 0 Å². The zero-order chi connectivity index (χ0) is 15.1. The van der Waals surface area contributed by atoms with Crippen molar-refractivity contribution < 1.29 is 14.4 Å². The molecule has 0 radical (unpaired) electrons. The van der Waals surface area contributed by atoms with Crippen LogP contribution < -0.4 is 10.2 Å². The highest BCUT2D eigenvalue weighted by molar-refractivity contribution is 5.92. The number of carbonyl (C=O) groups is 1. The van der Waals surface area contributed by atoms with Crippen LogP contribution >= 0.6 is 0 Å². The lowest BCUT2D eigenvalue weighted by molar-refractivity contribution is -0.115. The molecule has 6 nitrogen and oxygen atoms in total. The third-order valence-electron chi connectivity index (χ3n) is 2.93. The number of nitrogens with one attached hydrogen (secondary N) is 1. The van der Waals surface area contributed by atoms with E-state index < -0.39 is 0 Å². The number of nitrogens with zero attached hydrogens (tertiary/aromatic N) is 2. The summed E-state index contributed by atoms with van der Waals surface area (Å²) in [6.07, 6.45) is 0.601. The van der Waals surface area contributed by atoms with Crippen molar-refractivity contribution in [1.82, 2.24) is 5.16 Å². The third kappa shape index (κ3) is 4.61. The van der Waals surface area contributed by atoms with E-state index in [2.05, 4.69) is 10.5 Å². The van der Waals surface area contributed by atoms with Crippen LogP contribution in [0.15, 0.2) is 40.9 Å². The Labute approximate surface area is 123 Å². The Morgan fingerprint density at radius 1 is 1.38 bits per heavy atom. The maximum atomic E-state index is 12.1. The number of hydrogen-bond acceptors (Lipinski definition) is 5. The van der Waals surface area contributed by atoms with Gasteiger partial charge in [0.25, 0.3) is 0 Å². The van der Waals surface area contributed by atoms with E-state index in [4.69, 9.17) is 9.63 Å². The lowest BCUT2D eigenvalue weighted by atomic mass is 10.2. The van der Waals surface area contributed by atoms with Crippen molar-refractivity contribution in [1.29, 1.82) is 0 Å². The summed E-state index contributed by atoms with van der Waals surface area (Å²) in [4.78, 5) is 14.0. The van der Waals surface area contributed by atoms with Crippen LogP contribution in [-0.2, 0) is 4.79 Å². The van der Waals surface area contributed by atoms with Gasteiger partial charge in [-0.15, -0.1) is 0 Å². The lowest BCUT2D eigenvalue weighted by Gasteiger charge is -2.23. The minimum absolute atomic E-state index is 0.0895. The summed E-state index contributed by atoms with van der Waals surface area (Å²) >= 11 is 0. The summed E-state index contributed by atoms with van der Waals surface area (Å²) in [5.74, 6) is 0.153. The molecule has 1 aromatic heterocycles. The quantitative estimate of drug-likeness (QED) is 0.812. The number of anilines is 2. The number of aliphatic hydroxyl groups is 1. The SMILES string of the molecule is Cc1cc(NC(=O)CN(CCCO)c2ccccc2)on1. The molecule has 2 N–H and O–H groups in total. The van der Waals surface area contributed by atoms with Gasteiger partial charge < -0.3 is 14.5 Å². The topological polar surface area (TPSA) is 78.6 Å². The fraction of sp³-hybridized carbons (Fsp3) is 0.333.